The fourth-order valence-electron chi connectivity index (χ4n) is 0.208. The molecule has 0 radical (unpaired) electrons. The molecule has 8 heavy (non-hydrogen) atoms. The molecule has 0 rings (SSSR count). The fourth-order valence-corrected chi connectivity index (χ4v) is 0.208. The maximum absolute atomic E-state index is 5.35. The Morgan fingerprint density at radius 3 is 2.00 bits per heavy atom. The second-order valence-electron chi connectivity index (χ2n) is 1.69. The van der Waals surface area contributed by atoms with Crippen molar-refractivity contribution in [1.82, 2.24) is 0 Å². The molecule has 0 fully saturated rings. The summed E-state index contributed by atoms with van der Waals surface area (Å²) >= 11 is 0. The summed E-state index contributed by atoms with van der Waals surface area (Å²) in [7, 11) is 1.59. The molecule has 0 saturated carbocycles. The maximum Gasteiger partial charge on any atom is 0.144 e. The van der Waals surface area contributed by atoms with Gasteiger partial charge in [-0.2, -0.15) is 5.11 Å². The number of hydrogen-bond donors (Lipinski definition) is 1. The third-order valence-corrected chi connectivity index (χ3v) is 0.720. The molecule has 0 unspecified atom stereocenters. The molecular weight excluding hydrogens is 102 g/mol. The summed E-state index contributed by atoms with van der Waals surface area (Å²) in [4.78, 5) is 0. The third-order valence-electron chi connectivity index (χ3n) is 0.720. The van der Waals surface area contributed by atoms with Crippen molar-refractivity contribution in [1.29, 1.82) is 0 Å². The number of nitrogens with two attached hydrogens (primary N) is 1. The molecule has 2 N–H and O–H groups in total. The summed E-state index contributed by atoms with van der Waals surface area (Å²) in [5.41, 5.74) is 6.34. The Kier molecular flexibility index (Phi) is 2.84. The van der Waals surface area contributed by atoms with E-state index in [0.717, 1.165) is 5.57 Å². The van der Waals surface area contributed by atoms with Crippen LogP contribution in [0.25, 0.3) is 0 Å². The highest BCUT2D eigenvalue weighted by molar-refractivity contribution is 5.02. The first-order valence-corrected chi connectivity index (χ1v) is 2.41. The van der Waals surface area contributed by atoms with Crippen LogP contribution in [0.15, 0.2) is 21.6 Å². The summed E-state index contributed by atoms with van der Waals surface area (Å²) in [5, 5.41) is 7.11. The van der Waals surface area contributed by atoms with E-state index in [0.29, 0.717) is 5.82 Å². The van der Waals surface area contributed by atoms with Crippen LogP contribution < -0.4 is 5.73 Å². The van der Waals surface area contributed by atoms with Crippen molar-refractivity contribution in [2.45, 2.75) is 13.8 Å². The largest absolute Gasteiger partial charge is 0.382 e. The lowest BCUT2D eigenvalue weighted by molar-refractivity contribution is 1.02. The van der Waals surface area contributed by atoms with E-state index < -0.39 is 0 Å². The lowest BCUT2D eigenvalue weighted by Gasteiger charge is -1.90. The predicted molar refractivity (Wildman–Crippen MR) is 33.3 cm³/mol. The van der Waals surface area contributed by atoms with Gasteiger partial charge in [-0.25, -0.2) is 0 Å². The van der Waals surface area contributed by atoms with E-state index in [1.807, 2.05) is 13.8 Å². The second kappa shape index (κ2) is 3.18. The number of nitrogens with zero attached hydrogens (tertiary/aromatic N) is 2. The van der Waals surface area contributed by atoms with Crippen molar-refractivity contribution in [2.75, 3.05) is 7.05 Å². The Morgan fingerprint density at radius 1 is 1.38 bits per heavy atom. The van der Waals surface area contributed by atoms with Gasteiger partial charge < -0.3 is 5.73 Å². The monoisotopic (exact) mass is 113 g/mol. The van der Waals surface area contributed by atoms with Gasteiger partial charge in [-0.15, -0.1) is 5.11 Å². The summed E-state index contributed by atoms with van der Waals surface area (Å²) in [6, 6.07) is 0. The first-order chi connectivity index (χ1) is 3.68. The standard InChI is InChI=1S/C5H11N3/c1-4(2)5(6)8-7-3/h6H2,1-3H3. The molecule has 46 valence electrons. The SMILES string of the molecule is CN=NC(N)=C(C)C. The molecule has 0 aromatic carbocycles. The van der Waals surface area contributed by atoms with Gasteiger partial charge in [0.05, 0.1) is 0 Å². The van der Waals surface area contributed by atoms with Gasteiger partial charge in [-0.05, 0) is 19.4 Å². The Morgan fingerprint density at radius 2 is 1.88 bits per heavy atom. The van der Waals surface area contributed by atoms with Gasteiger partial charge in [-0.1, -0.05) is 0 Å². The van der Waals surface area contributed by atoms with Gasteiger partial charge in [0.2, 0.25) is 0 Å². The van der Waals surface area contributed by atoms with Gasteiger partial charge >= 0.3 is 0 Å². The smallest absolute Gasteiger partial charge is 0.144 e. The summed E-state index contributed by atoms with van der Waals surface area (Å²) in [6.45, 7) is 3.79. The Hall–Kier alpha value is -0.860. The molecular formula is C5H11N3. The van der Waals surface area contributed by atoms with Crippen molar-refractivity contribution in [3.63, 3.8) is 0 Å². The minimum atomic E-state index is 0.507. The molecule has 3 nitrogen and oxygen atoms in total. The molecule has 3 heteroatoms. The summed E-state index contributed by atoms with van der Waals surface area (Å²) < 4.78 is 0. The van der Waals surface area contributed by atoms with Crippen molar-refractivity contribution >= 4 is 0 Å². The molecule has 0 heterocycles. The molecule has 0 bridgehead atoms. The topological polar surface area (TPSA) is 50.7 Å². The van der Waals surface area contributed by atoms with E-state index in [9.17, 15) is 0 Å². The van der Waals surface area contributed by atoms with Crippen molar-refractivity contribution in [2.24, 2.45) is 16.0 Å². The number of rotatable bonds is 1. The first-order valence-electron chi connectivity index (χ1n) is 2.41. The molecule has 0 amide bonds. The fraction of sp³-hybridized carbons (Fsp3) is 0.600. The van der Waals surface area contributed by atoms with Crippen molar-refractivity contribution in [3.8, 4) is 0 Å². The average molecular weight is 113 g/mol. The van der Waals surface area contributed by atoms with Crippen LogP contribution in [0, 0.1) is 0 Å². The lowest BCUT2D eigenvalue weighted by Crippen LogP contribution is -1.93. The highest BCUT2D eigenvalue weighted by atomic mass is 15.1. The Balaban J connectivity index is 4.00. The van der Waals surface area contributed by atoms with Crippen LogP contribution in [0.5, 0.6) is 0 Å². The Labute approximate surface area is 49.3 Å². The van der Waals surface area contributed by atoms with Crippen LogP contribution in [0.4, 0.5) is 0 Å². The summed E-state index contributed by atoms with van der Waals surface area (Å²) in [6.07, 6.45) is 0. The van der Waals surface area contributed by atoms with Crippen molar-refractivity contribution < 1.29 is 0 Å². The lowest BCUT2D eigenvalue weighted by atomic mass is 10.4. The van der Waals surface area contributed by atoms with Gasteiger partial charge in [0.15, 0.2) is 0 Å². The second-order valence-corrected chi connectivity index (χ2v) is 1.69. The number of allylic oxidation sites excluding steroid dienone is 1. The van der Waals surface area contributed by atoms with Crippen LogP contribution in [0.3, 0.4) is 0 Å². The molecule has 0 aromatic heterocycles. The van der Waals surface area contributed by atoms with E-state index in [-0.39, 0.29) is 0 Å². The molecule has 0 saturated heterocycles. The van der Waals surface area contributed by atoms with E-state index in [1.54, 1.807) is 7.05 Å². The number of hydrogen-bond acceptors (Lipinski definition) is 3. The highest BCUT2D eigenvalue weighted by Gasteiger charge is 1.84. The van der Waals surface area contributed by atoms with E-state index >= 15 is 0 Å². The minimum Gasteiger partial charge on any atom is -0.382 e. The third kappa shape index (κ3) is 2.34. The normalized spacial score (nSPS) is 9.88. The van der Waals surface area contributed by atoms with Crippen LogP contribution in [0.2, 0.25) is 0 Å². The van der Waals surface area contributed by atoms with E-state index in [1.165, 1.54) is 0 Å². The molecule has 0 atom stereocenters. The van der Waals surface area contributed by atoms with Crippen LogP contribution >= 0.6 is 0 Å². The van der Waals surface area contributed by atoms with E-state index in [4.69, 9.17) is 5.73 Å². The van der Waals surface area contributed by atoms with Crippen molar-refractivity contribution in [3.05, 3.63) is 11.4 Å². The van der Waals surface area contributed by atoms with Gasteiger partial charge in [0, 0.05) is 7.05 Å². The highest BCUT2D eigenvalue weighted by Crippen LogP contribution is 1.95. The first kappa shape index (κ1) is 7.14. The van der Waals surface area contributed by atoms with E-state index in [2.05, 4.69) is 10.2 Å². The van der Waals surface area contributed by atoms with Gasteiger partial charge in [-0.3, -0.25) is 0 Å². The molecule has 0 aliphatic carbocycles. The van der Waals surface area contributed by atoms with Gasteiger partial charge in [0.25, 0.3) is 0 Å². The zero-order valence-electron chi connectivity index (χ0n) is 5.47. The van der Waals surface area contributed by atoms with Crippen LogP contribution in [-0.2, 0) is 0 Å². The molecule has 0 aromatic rings. The molecule has 0 aliphatic rings. The summed E-state index contributed by atoms with van der Waals surface area (Å²) in [5.74, 6) is 0.507. The Bertz CT molecular complexity index is 120. The minimum absolute atomic E-state index is 0.507. The molecule has 0 spiro atoms. The van der Waals surface area contributed by atoms with Gasteiger partial charge in [0.1, 0.15) is 5.82 Å². The average Bonchev–Trinajstić information content (AvgIpc) is 1.67. The number of azo groups is 1. The quantitative estimate of drug-likeness (QED) is 0.511. The zero-order valence-corrected chi connectivity index (χ0v) is 5.47. The molecule has 0 aliphatic heterocycles. The zero-order chi connectivity index (χ0) is 6.57. The maximum atomic E-state index is 5.35. The predicted octanol–water partition coefficient (Wildman–Crippen LogP) is 1.28. The van der Waals surface area contributed by atoms with Crippen LogP contribution in [-0.4, -0.2) is 7.05 Å². The van der Waals surface area contributed by atoms with Crippen LogP contribution in [0.1, 0.15) is 13.8 Å².